The third-order valence-corrected chi connectivity index (χ3v) is 2.72. The highest BCUT2D eigenvalue weighted by Crippen LogP contribution is 2.29. The number of rotatable bonds is 6. The molecule has 0 aromatic rings. The molecule has 0 aromatic carbocycles. The fourth-order valence-corrected chi connectivity index (χ4v) is 1.36. The molecule has 0 bridgehead atoms. The maximum absolute atomic E-state index is 5.81. The molecule has 1 aliphatic heterocycles. The van der Waals surface area contributed by atoms with Crippen LogP contribution in [-0.4, -0.2) is 32.3 Å². The van der Waals surface area contributed by atoms with Crippen molar-refractivity contribution in [2.45, 2.75) is 19.8 Å². The summed E-state index contributed by atoms with van der Waals surface area (Å²) in [6.07, 6.45) is 2.32. The molecule has 0 unspecified atom stereocenters. The van der Waals surface area contributed by atoms with Gasteiger partial charge in [0.05, 0.1) is 25.2 Å². The first-order valence-corrected chi connectivity index (χ1v) is 5.08. The van der Waals surface area contributed by atoms with Gasteiger partial charge >= 0.3 is 0 Å². The second-order valence-corrected chi connectivity index (χ2v) is 3.80. The van der Waals surface area contributed by atoms with Crippen LogP contribution in [0.25, 0.3) is 0 Å². The summed E-state index contributed by atoms with van der Waals surface area (Å²) in [5.74, 6) is 0.652. The molecule has 2 nitrogen and oxygen atoms in total. The summed E-state index contributed by atoms with van der Waals surface area (Å²) in [7, 11) is 0. The molecule has 72 valence electrons. The third-order valence-electron chi connectivity index (χ3n) is 2.15. The minimum absolute atomic E-state index is 0.134. The van der Waals surface area contributed by atoms with Gasteiger partial charge in [0.25, 0.3) is 0 Å². The summed E-state index contributed by atoms with van der Waals surface area (Å²) < 4.78 is 10.6. The average molecular weight is 193 g/mol. The van der Waals surface area contributed by atoms with Crippen LogP contribution < -0.4 is 0 Å². The summed E-state index contributed by atoms with van der Waals surface area (Å²) in [5, 5.41) is 0. The molecule has 1 aliphatic rings. The van der Waals surface area contributed by atoms with E-state index in [-0.39, 0.29) is 5.41 Å². The van der Waals surface area contributed by atoms with Gasteiger partial charge in [-0.2, -0.15) is 0 Å². The van der Waals surface area contributed by atoms with Crippen molar-refractivity contribution in [1.29, 1.82) is 0 Å². The summed E-state index contributed by atoms with van der Waals surface area (Å²) in [5.41, 5.74) is 0.134. The van der Waals surface area contributed by atoms with Gasteiger partial charge in [-0.15, -0.1) is 11.6 Å². The van der Waals surface area contributed by atoms with Gasteiger partial charge < -0.3 is 9.47 Å². The fourth-order valence-electron chi connectivity index (χ4n) is 1.12. The van der Waals surface area contributed by atoms with E-state index in [4.69, 9.17) is 21.1 Å². The molecule has 3 heteroatoms. The number of alkyl halides is 1. The summed E-state index contributed by atoms with van der Waals surface area (Å²) in [6.45, 7) is 5.31. The Balaban J connectivity index is 2.04. The van der Waals surface area contributed by atoms with Crippen molar-refractivity contribution in [3.63, 3.8) is 0 Å². The summed E-state index contributed by atoms with van der Waals surface area (Å²) in [6, 6.07) is 0. The lowest BCUT2D eigenvalue weighted by Gasteiger charge is -2.39. The zero-order valence-corrected chi connectivity index (χ0v) is 8.40. The van der Waals surface area contributed by atoms with Gasteiger partial charge in [-0.05, 0) is 6.42 Å². The molecular weight excluding hydrogens is 176 g/mol. The zero-order chi connectivity index (χ0) is 8.86. The molecule has 0 aliphatic carbocycles. The quantitative estimate of drug-likeness (QED) is 0.474. The molecule has 0 aromatic heterocycles. The second-order valence-electron chi connectivity index (χ2n) is 3.53. The van der Waals surface area contributed by atoms with Crippen LogP contribution in [0.3, 0.4) is 0 Å². The van der Waals surface area contributed by atoms with Gasteiger partial charge in [-0.25, -0.2) is 0 Å². The molecule has 0 radical (unpaired) electrons. The van der Waals surface area contributed by atoms with E-state index < -0.39 is 0 Å². The maximum atomic E-state index is 5.81. The van der Waals surface area contributed by atoms with Gasteiger partial charge in [0.2, 0.25) is 0 Å². The van der Waals surface area contributed by atoms with E-state index in [2.05, 4.69) is 6.92 Å². The highest BCUT2D eigenvalue weighted by molar-refractivity contribution is 6.18. The molecule has 1 fully saturated rings. The van der Waals surface area contributed by atoms with Gasteiger partial charge in [-0.1, -0.05) is 13.3 Å². The van der Waals surface area contributed by atoms with Gasteiger partial charge in [0.1, 0.15) is 0 Å². The minimum atomic E-state index is 0.134. The molecule has 1 rings (SSSR count). The summed E-state index contributed by atoms with van der Waals surface area (Å²) >= 11 is 5.81. The topological polar surface area (TPSA) is 18.5 Å². The largest absolute Gasteiger partial charge is 0.381 e. The number of hydrogen-bond donors (Lipinski definition) is 0. The Bertz CT molecular complexity index is 118. The van der Waals surface area contributed by atoms with Crippen molar-refractivity contribution in [2.24, 2.45) is 5.41 Å². The Morgan fingerprint density at radius 1 is 1.50 bits per heavy atom. The lowest BCUT2D eigenvalue weighted by Crippen LogP contribution is -2.47. The van der Waals surface area contributed by atoms with Crippen LogP contribution in [0.15, 0.2) is 0 Å². The van der Waals surface area contributed by atoms with Crippen LogP contribution in [0.4, 0.5) is 0 Å². The normalized spacial score (nSPS) is 20.5. The van der Waals surface area contributed by atoms with E-state index in [0.717, 1.165) is 32.8 Å². The maximum Gasteiger partial charge on any atom is 0.0578 e. The highest BCUT2D eigenvalue weighted by Gasteiger charge is 2.37. The SMILES string of the molecule is CCCCOCC1(CCl)COC1. The number of hydrogen-bond acceptors (Lipinski definition) is 2. The number of unbranched alkanes of at least 4 members (excludes halogenated alkanes) is 1. The predicted molar refractivity (Wildman–Crippen MR) is 49.7 cm³/mol. The first-order valence-electron chi connectivity index (χ1n) is 4.54. The predicted octanol–water partition coefficient (Wildman–Crippen LogP) is 2.06. The Labute approximate surface area is 79.2 Å². The van der Waals surface area contributed by atoms with Crippen LogP contribution in [0.2, 0.25) is 0 Å². The van der Waals surface area contributed by atoms with Crippen LogP contribution >= 0.6 is 11.6 Å². The molecule has 1 heterocycles. The Morgan fingerprint density at radius 2 is 2.25 bits per heavy atom. The van der Waals surface area contributed by atoms with E-state index in [1.54, 1.807) is 0 Å². The lowest BCUT2D eigenvalue weighted by molar-refractivity contribution is -0.135. The van der Waals surface area contributed by atoms with E-state index in [1.165, 1.54) is 6.42 Å². The molecular formula is C9H17ClO2. The molecule has 1 saturated heterocycles. The first kappa shape index (κ1) is 10.3. The van der Waals surface area contributed by atoms with E-state index in [9.17, 15) is 0 Å². The standard InChI is InChI=1S/C9H17ClO2/c1-2-3-4-11-6-9(5-10)7-12-8-9/h2-8H2,1H3. The summed E-state index contributed by atoms with van der Waals surface area (Å²) in [4.78, 5) is 0. The van der Waals surface area contributed by atoms with Crippen LogP contribution in [0.5, 0.6) is 0 Å². The van der Waals surface area contributed by atoms with Gasteiger partial charge in [0, 0.05) is 12.5 Å². The Hall–Kier alpha value is 0.210. The van der Waals surface area contributed by atoms with Crippen molar-refractivity contribution in [2.75, 3.05) is 32.3 Å². The number of ether oxygens (including phenoxy) is 2. The van der Waals surface area contributed by atoms with Crippen molar-refractivity contribution in [1.82, 2.24) is 0 Å². The average Bonchev–Trinajstić information content (AvgIpc) is 2.02. The van der Waals surface area contributed by atoms with E-state index in [1.807, 2.05) is 0 Å². The Morgan fingerprint density at radius 3 is 2.67 bits per heavy atom. The smallest absolute Gasteiger partial charge is 0.0578 e. The highest BCUT2D eigenvalue weighted by atomic mass is 35.5. The van der Waals surface area contributed by atoms with E-state index >= 15 is 0 Å². The van der Waals surface area contributed by atoms with Gasteiger partial charge in [-0.3, -0.25) is 0 Å². The lowest BCUT2D eigenvalue weighted by atomic mass is 9.90. The second kappa shape index (κ2) is 5.05. The minimum Gasteiger partial charge on any atom is -0.381 e. The van der Waals surface area contributed by atoms with Crippen molar-refractivity contribution in [3.8, 4) is 0 Å². The van der Waals surface area contributed by atoms with Crippen molar-refractivity contribution >= 4 is 11.6 Å². The van der Waals surface area contributed by atoms with Crippen LogP contribution in [0.1, 0.15) is 19.8 Å². The molecule has 12 heavy (non-hydrogen) atoms. The number of halogens is 1. The fraction of sp³-hybridized carbons (Fsp3) is 1.00. The zero-order valence-electron chi connectivity index (χ0n) is 7.64. The Kier molecular flexibility index (Phi) is 4.33. The van der Waals surface area contributed by atoms with Crippen molar-refractivity contribution in [3.05, 3.63) is 0 Å². The third kappa shape index (κ3) is 2.61. The first-order chi connectivity index (χ1) is 5.83. The monoisotopic (exact) mass is 192 g/mol. The molecule has 0 spiro atoms. The van der Waals surface area contributed by atoms with Crippen LogP contribution in [0, 0.1) is 5.41 Å². The molecule has 0 N–H and O–H groups in total. The van der Waals surface area contributed by atoms with E-state index in [0.29, 0.717) is 5.88 Å². The van der Waals surface area contributed by atoms with Gasteiger partial charge in [0.15, 0.2) is 0 Å². The van der Waals surface area contributed by atoms with Crippen LogP contribution in [-0.2, 0) is 9.47 Å². The van der Waals surface area contributed by atoms with Crippen molar-refractivity contribution < 1.29 is 9.47 Å². The molecule has 0 saturated carbocycles. The molecule has 0 amide bonds. The molecule has 0 atom stereocenters.